The van der Waals surface area contributed by atoms with Gasteiger partial charge in [0, 0.05) is 25.9 Å². The summed E-state index contributed by atoms with van der Waals surface area (Å²) in [6.07, 6.45) is 2.49. The van der Waals surface area contributed by atoms with Gasteiger partial charge in [0.15, 0.2) is 5.82 Å². The molecule has 1 rings (SSSR count). The molecule has 0 saturated carbocycles. The van der Waals surface area contributed by atoms with E-state index >= 15 is 0 Å². The fourth-order valence-corrected chi connectivity index (χ4v) is 1.15. The summed E-state index contributed by atoms with van der Waals surface area (Å²) in [7, 11) is 1.80. The molecule has 1 heterocycles. The highest BCUT2D eigenvalue weighted by Gasteiger charge is 2.29. The highest BCUT2D eigenvalue weighted by molar-refractivity contribution is 5.94. The van der Waals surface area contributed by atoms with Gasteiger partial charge in [0.05, 0.1) is 5.41 Å². The minimum atomic E-state index is -0.516. The lowest BCUT2D eigenvalue weighted by molar-refractivity contribution is -0.124. The van der Waals surface area contributed by atoms with E-state index in [1.165, 1.54) is 0 Å². The van der Waals surface area contributed by atoms with E-state index in [4.69, 9.17) is 5.73 Å². The topological polar surface area (TPSA) is 72.9 Å². The number of carbonyl (C=O) groups excluding carboxylic acids is 1. The second-order valence-corrected chi connectivity index (χ2v) is 3.95. The molecular weight excluding hydrogens is 192 g/mol. The van der Waals surface area contributed by atoms with Crippen LogP contribution in [0.1, 0.15) is 20.3 Å². The first-order valence-corrected chi connectivity index (χ1v) is 5.03. The number of rotatable bonds is 4. The number of hydrogen-bond donors (Lipinski definition) is 2. The van der Waals surface area contributed by atoms with Crippen LogP contribution < -0.4 is 11.1 Å². The first-order valence-electron chi connectivity index (χ1n) is 5.03. The molecule has 1 unspecified atom stereocenters. The number of aromatic nitrogens is 2. The molecule has 15 heavy (non-hydrogen) atoms. The number of nitrogens with one attached hydrogen (secondary N) is 1. The maximum Gasteiger partial charge on any atom is 0.232 e. The van der Waals surface area contributed by atoms with Crippen LogP contribution >= 0.6 is 0 Å². The van der Waals surface area contributed by atoms with Crippen LogP contribution in [0.4, 0.5) is 5.82 Å². The lowest BCUT2D eigenvalue weighted by Gasteiger charge is -2.24. The van der Waals surface area contributed by atoms with Gasteiger partial charge >= 0.3 is 0 Å². The van der Waals surface area contributed by atoms with Gasteiger partial charge in [-0.15, -0.1) is 0 Å². The molecule has 84 valence electrons. The van der Waals surface area contributed by atoms with Crippen molar-refractivity contribution in [3.05, 3.63) is 12.3 Å². The summed E-state index contributed by atoms with van der Waals surface area (Å²) in [4.78, 5) is 11.9. The Bertz CT molecular complexity index is 341. The van der Waals surface area contributed by atoms with Crippen molar-refractivity contribution in [2.45, 2.75) is 20.3 Å². The molecule has 0 radical (unpaired) electrons. The summed E-state index contributed by atoms with van der Waals surface area (Å²) >= 11 is 0. The van der Waals surface area contributed by atoms with E-state index in [1.807, 2.05) is 13.8 Å². The standard InChI is InChI=1S/C10H18N4O/c1-4-10(2,7-11)9(15)12-8-5-6-14(3)13-8/h5-6H,4,7,11H2,1-3H3,(H,12,13,15). The van der Waals surface area contributed by atoms with Crippen molar-refractivity contribution >= 4 is 11.7 Å². The smallest absolute Gasteiger partial charge is 0.232 e. The van der Waals surface area contributed by atoms with Gasteiger partial charge in [-0.25, -0.2) is 0 Å². The Hall–Kier alpha value is -1.36. The van der Waals surface area contributed by atoms with E-state index in [1.54, 1.807) is 24.0 Å². The second kappa shape index (κ2) is 4.44. The Morgan fingerprint density at radius 3 is 2.80 bits per heavy atom. The van der Waals surface area contributed by atoms with E-state index in [-0.39, 0.29) is 5.91 Å². The number of hydrogen-bond acceptors (Lipinski definition) is 3. The summed E-state index contributed by atoms with van der Waals surface area (Å²) in [6.45, 7) is 4.14. The predicted octanol–water partition coefficient (Wildman–Crippen LogP) is 0.734. The molecule has 0 spiro atoms. The van der Waals surface area contributed by atoms with Crippen molar-refractivity contribution in [2.75, 3.05) is 11.9 Å². The molecule has 5 heteroatoms. The molecular formula is C10H18N4O. The molecule has 0 aliphatic heterocycles. The molecule has 0 aromatic carbocycles. The SMILES string of the molecule is CCC(C)(CN)C(=O)Nc1ccn(C)n1. The Morgan fingerprint density at radius 2 is 2.40 bits per heavy atom. The van der Waals surface area contributed by atoms with Crippen LogP contribution in [0.2, 0.25) is 0 Å². The summed E-state index contributed by atoms with van der Waals surface area (Å²) in [6, 6.07) is 1.75. The average molecular weight is 210 g/mol. The number of carbonyl (C=O) groups is 1. The lowest BCUT2D eigenvalue weighted by atomic mass is 9.87. The number of aryl methyl sites for hydroxylation is 1. The van der Waals surface area contributed by atoms with Crippen molar-refractivity contribution in [2.24, 2.45) is 18.2 Å². The zero-order valence-corrected chi connectivity index (χ0v) is 9.45. The summed E-state index contributed by atoms with van der Waals surface area (Å²) in [5.74, 6) is 0.488. The van der Waals surface area contributed by atoms with Gasteiger partial charge in [-0.05, 0) is 13.3 Å². The molecule has 1 amide bonds. The quantitative estimate of drug-likeness (QED) is 0.769. The fourth-order valence-electron chi connectivity index (χ4n) is 1.15. The minimum Gasteiger partial charge on any atom is -0.329 e. The molecule has 0 aliphatic rings. The summed E-state index contributed by atoms with van der Waals surface area (Å²) in [5, 5.41) is 6.83. The van der Waals surface area contributed by atoms with Crippen LogP contribution in [0.25, 0.3) is 0 Å². The van der Waals surface area contributed by atoms with Crippen molar-refractivity contribution in [1.82, 2.24) is 9.78 Å². The Kier molecular flexibility index (Phi) is 3.47. The second-order valence-electron chi connectivity index (χ2n) is 3.95. The predicted molar refractivity (Wildman–Crippen MR) is 59.3 cm³/mol. The Balaban J connectivity index is 2.70. The van der Waals surface area contributed by atoms with Crippen molar-refractivity contribution in [3.63, 3.8) is 0 Å². The van der Waals surface area contributed by atoms with Crippen molar-refractivity contribution in [3.8, 4) is 0 Å². The molecule has 0 bridgehead atoms. The first-order chi connectivity index (χ1) is 7.01. The normalized spacial score (nSPS) is 14.7. The molecule has 1 aromatic heterocycles. The van der Waals surface area contributed by atoms with E-state index in [9.17, 15) is 4.79 Å². The number of nitrogens with two attached hydrogens (primary N) is 1. The first kappa shape index (κ1) is 11.7. The zero-order valence-electron chi connectivity index (χ0n) is 9.45. The monoisotopic (exact) mass is 210 g/mol. The van der Waals surface area contributed by atoms with Crippen LogP contribution in [0, 0.1) is 5.41 Å². The third kappa shape index (κ3) is 2.56. The summed E-state index contributed by atoms with van der Waals surface area (Å²) < 4.78 is 1.64. The van der Waals surface area contributed by atoms with Gasteiger partial charge in [-0.3, -0.25) is 9.48 Å². The van der Waals surface area contributed by atoms with E-state index in [0.29, 0.717) is 18.8 Å². The van der Waals surface area contributed by atoms with E-state index < -0.39 is 5.41 Å². The largest absolute Gasteiger partial charge is 0.329 e. The number of nitrogens with zero attached hydrogens (tertiary/aromatic N) is 2. The van der Waals surface area contributed by atoms with Gasteiger partial charge < -0.3 is 11.1 Å². The minimum absolute atomic E-state index is 0.0776. The van der Waals surface area contributed by atoms with Crippen molar-refractivity contribution < 1.29 is 4.79 Å². The zero-order chi connectivity index (χ0) is 11.5. The van der Waals surface area contributed by atoms with Gasteiger partial charge in [-0.1, -0.05) is 6.92 Å². The maximum atomic E-state index is 11.9. The summed E-state index contributed by atoms with van der Waals surface area (Å²) in [5.41, 5.74) is 5.07. The molecule has 1 atom stereocenters. The third-order valence-corrected chi connectivity index (χ3v) is 2.73. The Morgan fingerprint density at radius 1 is 1.73 bits per heavy atom. The van der Waals surface area contributed by atoms with Gasteiger partial charge in [-0.2, -0.15) is 5.10 Å². The molecule has 0 saturated heterocycles. The fraction of sp³-hybridized carbons (Fsp3) is 0.600. The van der Waals surface area contributed by atoms with Crippen LogP contribution in [-0.2, 0) is 11.8 Å². The molecule has 3 N–H and O–H groups in total. The maximum absolute atomic E-state index is 11.9. The highest BCUT2D eigenvalue weighted by atomic mass is 16.2. The van der Waals surface area contributed by atoms with E-state index in [2.05, 4.69) is 10.4 Å². The van der Waals surface area contributed by atoms with Crippen molar-refractivity contribution in [1.29, 1.82) is 0 Å². The Labute approximate surface area is 89.6 Å². The van der Waals surface area contributed by atoms with Gasteiger partial charge in [0.25, 0.3) is 0 Å². The van der Waals surface area contributed by atoms with Crippen LogP contribution in [0.15, 0.2) is 12.3 Å². The molecule has 0 fully saturated rings. The lowest BCUT2D eigenvalue weighted by Crippen LogP contribution is -2.39. The van der Waals surface area contributed by atoms with Crippen LogP contribution in [0.3, 0.4) is 0 Å². The van der Waals surface area contributed by atoms with Crippen LogP contribution in [-0.4, -0.2) is 22.2 Å². The van der Waals surface area contributed by atoms with E-state index in [0.717, 1.165) is 0 Å². The number of anilines is 1. The molecule has 5 nitrogen and oxygen atoms in total. The third-order valence-electron chi connectivity index (χ3n) is 2.73. The van der Waals surface area contributed by atoms with Crippen LogP contribution in [0.5, 0.6) is 0 Å². The highest BCUT2D eigenvalue weighted by Crippen LogP contribution is 2.21. The van der Waals surface area contributed by atoms with Gasteiger partial charge in [0.1, 0.15) is 0 Å². The number of amides is 1. The average Bonchev–Trinajstić information content (AvgIpc) is 2.62. The molecule has 0 aliphatic carbocycles. The molecule has 1 aromatic rings. The van der Waals surface area contributed by atoms with Gasteiger partial charge in [0.2, 0.25) is 5.91 Å².